The molecule has 6 rings (SSSR count). The summed E-state index contributed by atoms with van der Waals surface area (Å²) < 4.78 is 2.06. The number of nitrogens with zero attached hydrogens (tertiary/aromatic N) is 3. The van der Waals surface area contributed by atoms with Crippen LogP contribution < -0.4 is 10.2 Å². The lowest BCUT2D eigenvalue weighted by atomic mass is 9.90. The summed E-state index contributed by atoms with van der Waals surface area (Å²) in [5.74, 6) is -0.0274. The summed E-state index contributed by atoms with van der Waals surface area (Å²) in [6, 6.07) is 24.4. The van der Waals surface area contributed by atoms with Gasteiger partial charge in [0.1, 0.15) is 0 Å². The standard InChI is InChI=1S/C34H36N4O2/c1-22-16-24-10-8-9-11-26(24)21-38(22)34(40)31-18-27-20-35-15-14-25(27)17-30(31)32-19-29(23(2)36(32)3)33(39)37(4)28-12-6-5-7-13-28/h5-13,17-19,22,35H,14-16,20-21H2,1-4H3. The first-order chi connectivity index (χ1) is 19.3. The average molecular weight is 533 g/mol. The number of nitrogens with one attached hydrogen (secondary N) is 1. The van der Waals surface area contributed by atoms with Crippen LogP contribution in [0.2, 0.25) is 0 Å². The van der Waals surface area contributed by atoms with Crippen molar-refractivity contribution in [3.05, 3.63) is 112 Å². The molecule has 0 radical (unpaired) electrons. The van der Waals surface area contributed by atoms with Crippen molar-refractivity contribution in [3.63, 3.8) is 0 Å². The Hall–Kier alpha value is -4.16. The van der Waals surface area contributed by atoms with Crippen molar-refractivity contribution >= 4 is 17.5 Å². The van der Waals surface area contributed by atoms with Crippen LogP contribution in [0.3, 0.4) is 0 Å². The van der Waals surface area contributed by atoms with Gasteiger partial charge in [0.15, 0.2) is 0 Å². The van der Waals surface area contributed by atoms with Gasteiger partial charge in [-0.05, 0) is 85.8 Å². The Morgan fingerprint density at radius 2 is 1.62 bits per heavy atom. The van der Waals surface area contributed by atoms with Crippen LogP contribution >= 0.6 is 0 Å². The lowest BCUT2D eigenvalue weighted by Crippen LogP contribution is -2.43. The van der Waals surface area contributed by atoms with Crippen LogP contribution in [0.1, 0.15) is 55.6 Å². The van der Waals surface area contributed by atoms with E-state index in [1.54, 1.807) is 11.9 Å². The molecule has 3 aromatic carbocycles. The topological polar surface area (TPSA) is 57.6 Å². The van der Waals surface area contributed by atoms with Crippen molar-refractivity contribution in [2.75, 3.05) is 18.5 Å². The van der Waals surface area contributed by atoms with Crippen molar-refractivity contribution in [1.82, 2.24) is 14.8 Å². The summed E-state index contributed by atoms with van der Waals surface area (Å²) in [7, 11) is 3.79. The molecule has 1 atom stereocenters. The first-order valence-electron chi connectivity index (χ1n) is 14.1. The van der Waals surface area contributed by atoms with E-state index in [4.69, 9.17) is 0 Å². The highest BCUT2D eigenvalue weighted by Gasteiger charge is 2.31. The average Bonchev–Trinajstić information content (AvgIpc) is 3.28. The summed E-state index contributed by atoms with van der Waals surface area (Å²) in [5.41, 5.74) is 9.80. The third-order valence-electron chi connectivity index (χ3n) is 8.71. The maximum absolute atomic E-state index is 14.4. The van der Waals surface area contributed by atoms with Crippen molar-refractivity contribution in [2.24, 2.45) is 7.05 Å². The van der Waals surface area contributed by atoms with E-state index in [9.17, 15) is 9.59 Å². The third-order valence-corrected chi connectivity index (χ3v) is 8.71. The molecular formula is C34H36N4O2. The zero-order valence-electron chi connectivity index (χ0n) is 23.7. The fourth-order valence-corrected chi connectivity index (χ4v) is 6.15. The molecule has 0 bridgehead atoms. The van der Waals surface area contributed by atoms with E-state index in [0.717, 1.165) is 48.6 Å². The monoisotopic (exact) mass is 532 g/mol. The van der Waals surface area contributed by atoms with Crippen molar-refractivity contribution in [2.45, 2.75) is 45.8 Å². The van der Waals surface area contributed by atoms with Gasteiger partial charge in [-0.3, -0.25) is 9.59 Å². The number of amides is 2. The number of carbonyl (C=O) groups excluding carboxylic acids is 2. The van der Waals surface area contributed by atoms with E-state index >= 15 is 0 Å². The number of hydrogen-bond donors (Lipinski definition) is 1. The molecule has 0 saturated heterocycles. The second kappa shape index (κ2) is 10.4. The molecule has 2 amide bonds. The van der Waals surface area contributed by atoms with Gasteiger partial charge in [0.25, 0.3) is 11.8 Å². The van der Waals surface area contributed by atoms with E-state index in [0.29, 0.717) is 17.7 Å². The molecule has 2 aliphatic heterocycles. The number of carbonyl (C=O) groups is 2. The Balaban J connectivity index is 1.43. The van der Waals surface area contributed by atoms with Gasteiger partial charge in [0.05, 0.1) is 5.56 Å². The number of benzene rings is 3. The molecule has 6 heteroatoms. The Bertz CT molecular complexity index is 1600. The largest absolute Gasteiger partial charge is 0.347 e. The van der Waals surface area contributed by atoms with Gasteiger partial charge >= 0.3 is 0 Å². The summed E-state index contributed by atoms with van der Waals surface area (Å²) >= 11 is 0. The molecule has 1 aromatic heterocycles. The third kappa shape index (κ3) is 4.52. The van der Waals surface area contributed by atoms with Crippen LogP contribution in [0.4, 0.5) is 5.69 Å². The summed E-state index contributed by atoms with van der Waals surface area (Å²) in [5, 5.41) is 3.45. The highest BCUT2D eigenvalue weighted by atomic mass is 16.2. The number of rotatable bonds is 4. The van der Waals surface area contributed by atoms with Gasteiger partial charge in [-0.2, -0.15) is 0 Å². The van der Waals surface area contributed by atoms with Crippen LogP contribution in [0.5, 0.6) is 0 Å². The maximum Gasteiger partial charge on any atom is 0.259 e. The lowest BCUT2D eigenvalue weighted by Gasteiger charge is -2.35. The van der Waals surface area contributed by atoms with Crippen LogP contribution in [0, 0.1) is 6.92 Å². The highest BCUT2D eigenvalue weighted by molar-refractivity contribution is 6.08. The predicted molar refractivity (Wildman–Crippen MR) is 160 cm³/mol. The van der Waals surface area contributed by atoms with E-state index in [1.807, 2.05) is 61.3 Å². The quantitative estimate of drug-likeness (QED) is 0.377. The zero-order valence-corrected chi connectivity index (χ0v) is 23.7. The Labute approximate surface area is 236 Å². The molecule has 6 nitrogen and oxygen atoms in total. The molecule has 3 heterocycles. The SMILES string of the molecule is Cc1c(C(=O)N(C)c2ccccc2)cc(-c2cc3c(cc2C(=O)N2Cc4ccccc4CC2C)CNCC3)n1C. The Morgan fingerprint density at radius 1 is 0.900 bits per heavy atom. The molecule has 204 valence electrons. The molecule has 0 aliphatic carbocycles. The van der Waals surface area contributed by atoms with Gasteiger partial charge in [0, 0.05) is 61.4 Å². The lowest BCUT2D eigenvalue weighted by molar-refractivity contribution is 0.0658. The van der Waals surface area contributed by atoms with E-state index in [1.165, 1.54) is 22.3 Å². The minimum Gasteiger partial charge on any atom is -0.347 e. The number of fused-ring (bicyclic) bond motifs is 2. The zero-order chi connectivity index (χ0) is 28.0. The molecule has 1 unspecified atom stereocenters. The second-order valence-corrected chi connectivity index (χ2v) is 11.1. The van der Waals surface area contributed by atoms with E-state index < -0.39 is 0 Å². The van der Waals surface area contributed by atoms with Gasteiger partial charge in [-0.25, -0.2) is 0 Å². The van der Waals surface area contributed by atoms with Gasteiger partial charge in [-0.15, -0.1) is 0 Å². The Kier molecular flexibility index (Phi) is 6.80. The minimum atomic E-state index is -0.0677. The number of hydrogen-bond acceptors (Lipinski definition) is 3. The molecule has 1 N–H and O–H groups in total. The van der Waals surface area contributed by atoms with Gasteiger partial charge < -0.3 is 19.7 Å². The van der Waals surface area contributed by atoms with E-state index in [2.05, 4.69) is 47.1 Å². The molecule has 0 saturated carbocycles. The Morgan fingerprint density at radius 3 is 2.40 bits per heavy atom. The molecule has 0 fully saturated rings. The first-order valence-corrected chi connectivity index (χ1v) is 14.1. The molecular weight excluding hydrogens is 496 g/mol. The van der Waals surface area contributed by atoms with Crippen molar-refractivity contribution < 1.29 is 9.59 Å². The number of anilines is 1. The van der Waals surface area contributed by atoms with Crippen molar-refractivity contribution in [1.29, 1.82) is 0 Å². The second-order valence-electron chi connectivity index (χ2n) is 11.1. The molecule has 4 aromatic rings. The van der Waals surface area contributed by atoms with Gasteiger partial charge in [-0.1, -0.05) is 42.5 Å². The van der Waals surface area contributed by atoms with Crippen LogP contribution in [0.25, 0.3) is 11.3 Å². The van der Waals surface area contributed by atoms with Crippen LogP contribution in [-0.4, -0.2) is 40.9 Å². The smallest absolute Gasteiger partial charge is 0.259 e. The van der Waals surface area contributed by atoms with E-state index in [-0.39, 0.29) is 17.9 Å². The number of para-hydroxylation sites is 1. The number of aromatic nitrogens is 1. The first kappa shape index (κ1) is 26.1. The molecule has 0 spiro atoms. The highest BCUT2D eigenvalue weighted by Crippen LogP contribution is 2.35. The van der Waals surface area contributed by atoms with Gasteiger partial charge in [0.2, 0.25) is 0 Å². The summed E-state index contributed by atoms with van der Waals surface area (Å²) in [6.07, 6.45) is 1.76. The normalized spacial score (nSPS) is 16.3. The van der Waals surface area contributed by atoms with Crippen molar-refractivity contribution in [3.8, 4) is 11.3 Å². The van der Waals surface area contributed by atoms with Crippen LogP contribution in [-0.2, 0) is 33.0 Å². The van der Waals surface area contributed by atoms with Crippen LogP contribution in [0.15, 0.2) is 72.8 Å². The summed E-state index contributed by atoms with van der Waals surface area (Å²) in [4.78, 5) is 31.7. The molecule has 40 heavy (non-hydrogen) atoms. The molecule has 2 aliphatic rings. The predicted octanol–water partition coefficient (Wildman–Crippen LogP) is 5.51. The fraction of sp³-hybridized carbons (Fsp3) is 0.294. The summed E-state index contributed by atoms with van der Waals surface area (Å²) in [6.45, 7) is 6.38. The maximum atomic E-state index is 14.4. The minimum absolute atomic E-state index is 0.0403. The fourth-order valence-electron chi connectivity index (χ4n) is 6.15.